The second-order valence-electron chi connectivity index (χ2n) is 6.16. The largest absolute Gasteiger partial charge is 0.245 e. The van der Waals surface area contributed by atoms with E-state index < -0.39 is 0 Å². The molecule has 0 saturated heterocycles. The van der Waals surface area contributed by atoms with Gasteiger partial charge in [-0.15, -0.1) is 11.3 Å². The van der Waals surface area contributed by atoms with Crippen LogP contribution in [0, 0.1) is 6.07 Å². The van der Waals surface area contributed by atoms with Crippen molar-refractivity contribution in [3.63, 3.8) is 0 Å². The Balaban J connectivity index is 1.77. The van der Waals surface area contributed by atoms with Crippen molar-refractivity contribution in [3.8, 4) is 11.1 Å². The van der Waals surface area contributed by atoms with E-state index in [1.54, 1.807) is 0 Å². The maximum absolute atomic E-state index is 4.89. The predicted molar refractivity (Wildman–Crippen MR) is 111 cm³/mol. The molecule has 25 heavy (non-hydrogen) atoms. The van der Waals surface area contributed by atoms with Crippen LogP contribution in [0.25, 0.3) is 11.1 Å². The predicted octanol–water partition coefficient (Wildman–Crippen LogP) is 6.41. The minimum absolute atomic E-state index is 0.990. The molecule has 0 atom stereocenters. The van der Waals surface area contributed by atoms with Crippen molar-refractivity contribution in [1.82, 2.24) is 4.98 Å². The molecule has 0 aliphatic carbocycles. The molecule has 2 aromatic carbocycles. The zero-order valence-corrected chi connectivity index (χ0v) is 16.6. The van der Waals surface area contributed by atoms with Crippen LogP contribution >= 0.6 is 23.1 Å². The summed E-state index contributed by atoms with van der Waals surface area (Å²) >= 11 is 3.74. The van der Waals surface area contributed by atoms with Gasteiger partial charge in [-0.1, -0.05) is 61.9 Å². The van der Waals surface area contributed by atoms with Gasteiger partial charge in [0.25, 0.3) is 0 Å². The van der Waals surface area contributed by atoms with Crippen LogP contribution in [-0.4, -0.2) is 11.2 Å². The van der Waals surface area contributed by atoms with Gasteiger partial charge in [0.1, 0.15) is 5.01 Å². The summed E-state index contributed by atoms with van der Waals surface area (Å²) in [5.41, 5.74) is 5.05. The van der Waals surface area contributed by atoms with E-state index in [0.29, 0.717) is 0 Å². The zero-order chi connectivity index (χ0) is 17.5. The Morgan fingerprint density at radius 1 is 1.12 bits per heavy atom. The summed E-state index contributed by atoms with van der Waals surface area (Å²) in [5.74, 6) is 1.02. The molecular formula is C22H24NS2. The van der Waals surface area contributed by atoms with E-state index >= 15 is 0 Å². The van der Waals surface area contributed by atoms with E-state index in [2.05, 4.69) is 55.6 Å². The van der Waals surface area contributed by atoms with Gasteiger partial charge in [0, 0.05) is 17.1 Å². The first kappa shape index (κ1) is 18.2. The van der Waals surface area contributed by atoms with E-state index in [1.165, 1.54) is 39.5 Å². The van der Waals surface area contributed by atoms with E-state index in [1.807, 2.05) is 35.2 Å². The monoisotopic (exact) mass is 366 g/mol. The summed E-state index contributed by atoms with van der Waals surface area (Å²) in [6.07, 6.45) is 6.68. The fourth-order valence-corrected chi connectivity index (χ4v) is 4.71. The van der Waals surface area contributed by atoms with Crippen LogP contribution in [0.4, 0.5) is 0 Å². The normalized spacial score (nSPS) is 11.0. The van der Waals surface area contributed by atoms with Crippen LogP contribution in [0.5, 0.6) is 0 Å². The maximum Gasteiger partial charge on any atom is 0.103 e. The molecule has 0 amide bonds. The number of aromatic nitrogens is 1. The smallest absolute Gasteiger partial charge is 0.103 e. The van der Waals surface area contributed by atoms with Crippen molar-refractivity contribution in [2.24, 2.45) is 0 Å². The Morgan fingerprint density at radius 3 is 2.64 bits per heavy atom. The summed E-state index contributed by atoms with van der Waals surface area (Å²) in [6, 6.07) is 20.3. The average molecular weight is 367 g/mol. The van der Waals surface area contributed by atoms with Gasteiger partial charge in [0.2, 0.25) is 0 Å². The van der Waals surface area contributed by atoms with Crippen molar-refractivity contribution < 1.29 is 0 Å². The molecule has 3 rings (SSSR count). The molecule has 0 spiro atoms. The molecule has 3 aromatic rings. The highest BCUT2D eigenvalue weighted by atomic mass is 32.2. The standard InChI is InChI=1S/C22H24NS2/c1-3-4-10-20-21(25-22(23-20)16-24-2)15-17-11-13-19(14-12-17)18-8-6-5-7-9-18/h5-8,11-14H,3-4,10,15-16H2,1-2H3. The molecule has 1 heterocycles. The van der Waals surface area contributed by atoms with Crippen molar-refractivity contribution in [3.05, 3.63) is 75.7 Å². The molecule has 0 saturated carbocycles. The van der Waals surface area contributed by atoms with Gasteiger partial charge in [0.15, 0.2) is 0 Å². The highest BCUT2D eigenvalue weighted by molar-refractivity contribution is 7.97. The first-order valence-electron chi connectivity index (χ1n) is 8.82. The van der Waals surface area contributed by atoms with Crippen LogP contribution in [0.2, 0.25) is 0 Å². The summed E-state index contributed by atoms with van der Waals surface area (Å²) in [7, 11) is 0. The van der Waals surface area contributed by atoms with Gasteiger partial charge >= 0.3 is 0 Å². The second kappa shape index (κ2) is 9.21. The lowest BCUT2D eigenvalue weighted by atomic mass is 10.0. The molecule has 0 aliphatic rings. The summed E-state index contributed by atoms with van der Waals surface area (Å²) in [4.78, 5) is 6.33. The first-order chi connectivity index (χ1) is 12.3. The average Bonchev–Trinajstić information content (AvgIpc) is 3.03. The Morgan fingerprint density at radius 2 is 1.96 bits per heavy atom. The molecule has 0 N–H and O–H groups in total. The Kier molecular flexibility index (Phi) is 6.71. The maximum atomic E-state index is 4.89. The minimum atomic E-state index is 0.990. The Hall–Kier alpha value is -1.58. The first-order valence-corrected chi connectivity index (χ1v) is 11.0. The second-order valence-corrected chi connectivity index (χ2v) is 8.20. The lowest BCUT2D eigenvalue weighted by Gasteiger charge is -2.05. The summed E-state index contributed by atoms with van der Waals surface area (Å²) < 4.78 is 0. The van der Waals surface area contributed by atoms with Crippen molar-refractivity contribution in [2.75, 3.05) is 6.26 Å². The van der Waals surface area contributed by atoms with Crippen LogP contribution < -0.4 is 0 Å². The molecule has 0 aliphatic heterocycles. The number of benzene rings is 2. The number of thiazole rings is 1. The quantitative estimate of drug-likeness (QED) is 0.457. The van der Waals surface area contributed by atoms with E-state index in [0.717, 1.165) is 24.2 Å². The fourth-order valence-electron chi connectivity index (χ4n) is 2.86. The van der Waals surface area contributed by atoms with Gasteiger partial charge in [-0.3, -0.25) is 0 Å². The topological polar surface area (TPSA) is 12.9 Å². The number of unbranched alkanes of at least 4 members (excludes halogenated alkanes) is 1. The van der Waals surface area contributed by atoms with Crippen LogP contribution in [-0.2, 0) is 18.6 Å². The summed E-state index contributed by atoms with van der Waals surface area (Å²) in [5, 5.41) is 1.27. The highest BCUT2D eigenvalue weighted by Crippen LogP contribution is 2.27. The Labute approximate surface area is 159 Å². The molecular weight excluding hydrogens is 342 g/mol. The fraction of sp³-hybridized carbons (Fsp3) is 0.318. The van der Waals surface area contributed by atoms with E-state index in [9.17, 15) is 0 Å². The lowest BCUT2D eigenvalue weighted by molar-refractivity contribution is 0.773. The van der Waals surface area contributed by atoms with Crippen molar-refractivity contribution >= 4 is 23.1 Å². The molecule has 1 radical (unpaired) electrons. The number of hydrogen-bond acceptors (Lipinski definition) is 3. The van der Waals surface area contributed by atoms with Crippen molar-refractivity contribution in [2.45, 2.75) is 38.4 Å². The highest BCUT2D eigenvalue weighted by Gasteiger charge is 2.11. The van der Waals surface area contributed by atoms with Crippen LogP contribution in [0.15, 0.2) is 48.5 Å². The molecule has 1 aromatic heterocycles. The third kappa shape index (κ3) is 4.96. The van der Waals surface area contributed by atoms with Gasteiger partial charge in [-0.25, -0.2) is 4.98 Å². The third-order valence-electron chi connectivity index (χ3n) is 4.20. The Bertz CT molecular complexity index is 776. The van der Waals surface area contributed by atoms with E-state index in [4.69, 9.17) is 4.98 Å². The van der Waals surface area contributed by atoms with E-state index in [-0.39, 0.29) is 0 Å². The molecule has 0 fully saturated rings. The van der Waals surface area contributed by atoms with Crippen molar-refractivity contribution in [1.29, 1.82) is 0 Å². The lowest BCUT2D eigenvalue weighted by Crippen LogP contribution is -1.93. The third-order valence-corrected chi connectivity index (χ3v) is 6.04. The number of rotatable bonds is 8. The van der Waals surface area contributed by atoms with Gasteiger partial charge in [0.05, 0.1) is 5.69 Å². The SMILES string of the molecule is CCCCc1nc(CSC)sc1Cc1ccc(-c2[c]cccc2)cc1. The molecule has 3 heteroatoms. The zero-order valence-electron chi connectivity index (χ0n) is 14.9. The van der Waals surface area contributed by atoms with Gasteiger partial charge < -0.3 is 0 Å². The number of thioether (sulfide) groups is 1. The van der Waals surface area contributed by atoms with Crippen LogP contribution in [0.3, 0.4) is 0 Å². The number of nitrogens with zero attached hydrogens (tertiary/aromatic N) is 1. The number of aryl methyl sites for hydroxylation is 1. The van der Waals surface area contributed by atoms with Gasteiger partial charge in [-0.05, 0) is 41.9 Å². The minimum Gasteiger partial charge on any atom is -0.245 e. The van der Waals surface area contributed by atoms with Gasteiger partial charge in [-0.2, -0.15) is 11.8 Å². The molecule has 0 bridgehead atoms. The molecule has 129 valence electrons. The summed E-state index contributed by atoms with van der Waals surface area (Å²) in [6.45, 7) is 2.24. The molecule has 0 unspecified atom stereocenters. The molecule has 1 nitrogen and oxygen atoms in total. The number of hydrogen-bond donors (Lipinski definition) is 0. The van der Waals surface area contributed by atoms with Crippen LogP contribution in [0.1, 0.15) is 40.9 Å².